The average molecular weight is 592 g/mol. The lowest BCUT2D eigenvalue weighted by Gasteiger charge is -2.41. The molecule has 10 nitrogen and oxygen atoms in total. The van der Waals surface area contributed by atoms with Gasteiger partial charge in [-0.3, -0.25) is 19.7 Å². The Hall–Kier alpha value is -4.35. The summed E-state index contributed by atoms with van der Waals surface area (Å²) in [4.78, 5) is 44.2. The van der Waals surface area contributed by atoms with E-state index < -0.39 is 16.9 Å². The normalized spacial score (nSPS) is 16.4. The average Bonchev–Trinajstić information content (AvgIpc) is 2.96. The summed E-state index contributed by atoms with van der Waals surface area (Å²) in [5, 5.41) is 17.7. The monoisotopic (exact) mass is 591 g/mol. The van der Waals surface area contributed by atoms with Crippen LogP contribution in [0.25, 0.3) is 0 Å². The van der Waals surface area contributed by atoms with E-state index >= 15 is 0 Å². The number of fused-ring (bicyclic) bond motifs is 1. The molecule has 41 heavy (non-hydrogen) atoms. The summed E-state index contributed by atoms with van der Waals surface area (Å²) in [6.07, 6.45) is 0.926. The number of non-ortho nitro benzene ring substituents is 1. The molecule has 2 heterocycles. The number of carbonyl (C=O) groups is 2. The SMILES string of the molecule is COc1ccccc1NC(=O)C1=C(C)N=C2SCCCN2C1c1cccc(NC(=O)c2ccc([N+](=O)[O-])cc2Cl)c1. The van der Waals surface area contributed by atoms with Crippen molar-refractivity contribution in [2.24, 2.45) is 4.99 Å². The minimum absolute atomic E-state index is 0.0276. The first-order chi connectivity index (χ1) is 19.8. The van der Waals surface area contributed by atoms with Gasteiger partial charge in [-0.25, -0.2) is 4.99 Å². The number of amidine groups is 1. The summed E-state index contributed by atoms with van der Waals surface area (Å²) < 4.78 is 5.42. The number of nitro groups is 1. The van der Waals surface area contributed by atoms with E-state index in [0.717, 1.165) is 29.0 Å². The van der Waals surface area contributed by atoms with Crippen LogP contribution < -0.4 is 15.4 Å². The Balaban J connectivity index is 1.48. The van der Waals surface area contributed by atoms with Crippen LogP contribution in [-0.4, -0.2) is 46.2 Å². The predicted molar refractivity (Wildman–Crippen MR) is 161 cm³/mol. The maximum atomic E-state index is 13.8. The lowest BCUT2D eigenvalue weighted by atomic mass is 9.93. The van der Waals surface area contributed by atoms with Gasteiger partial charge in [-0.2, -0.15) is 0 Å². The van der Waals surface area contributed by atoms with Crippen LogP contribution in [0.2, 0.25) is 5.02 Å². The molecule has 2 aliphatic rings. The number of ether oxygens (including phenoxy) is 1. The first kappa shape index (κ1) is 28.2. The van der Waals surface area contributed by atoms with E-state index in [1.165, 1.54) is 12.1 Å². The molecule has 0 bridgehead atoms. The van der Waals surface area contributed by atoms with Crippen molar-refractivity contribution >= 4 is 57.4 Å². The molecule has 1 fully saturated rings. The van der Waals surface area contributed by atoms with Crippen molar-refractivity contribution in [1.29, 1.82) is 0 Å². The number of nitrogens with one attached hydrogen (secondary N) is 2. The van der Waals surface area contributed by atoms with Crippen LogP contribution in [0.5, 0.6) is 5.75 Å². The van der Waals surface area contributed by atoms with Crippen LogP contribution in [0, 0.1) is 10.1 Å². The number of halogens is 1. The first-order valence-electron chi connectivity index (χ1n) is 12.8. The topological polar surface area (TPSA) is 126 Å². The quantitative estimate of drug-likeness (QED) is 0.245. The Bertz CT molecular complexity index is 1610. The number of hydrogen-bond donors (Lipinski definition) is 2. The fourth-order valence-corrected chi connectivity index (χ4v) is 6.11. The van der Waals surface area contributed by atoms with Crippen molar-refractivity contribution in [2.45, 2.75) is 19.4 Å². The number of para-hydroxylation sites is 2. The van der Waals surface area contributed by atoms with Crippen molar-refractivity contribution < 1.29 is 19.2 Å². The van der Waals surface area contributed by atoms with E-state index in [0.29, 0.717) is 34.9 Å². The van der Waals surface area contributed by atoms with E-state index in [-0.39, 0.29) is 22.2 Å². The Morgan fingerprint density at radius 2 is 1.90 bits per heavy atom. The maximum absolute atomic E-state index is 13.8. The third kappa shape index (κ3) is 5.91. The summed E-state index contributed by atoms with van der Waals surface area (Å²) in [6, 6.07) is 17.7. The van der Waals surface area contributed by atoms with Crippen LogP contribution in [-0.2, 0) is 4.79 Å². The zero-order chi connectivity index (χ0) is 29.1. The van der Waals surface area contributed by atoms with Gasteiger partial charge in [0.25, 0.3) is 17.5 Å². The van der Waals surface area contributed by atoms with E-state index in [4.69, 9.17) is 21.3 Å². The molecule has 1 atom stereocenters. The fourth-order valence-electron chi connectivity index (χ4n) is 4.83. The highest BCUT2D eigenvalue weighted by Gasteiger charge is 2.37. The highest BCUT2D eigenvalue weighted by Crippen LogP contribution is 2.41. The minimum atomic E-state index is -0.575. The molecule has 210 valence electrons. The second-order valence-corrected chi connectivity index (χ2v) is 10.8. The molecule has 3 aromatic carbocycles. The minimum Gasteiger partial charge on any atom is -0.495 e. The van der Waals surface area contributed by atoms with Crippen LogP contribution >= 0.6 is 23.4 Å². The van der Waals surface area contributed by atoms with Gasteiger partial charge in [0.05, 0.1) is 45.6 Å². The number of thioether (sulfide) groups is 1. The molecule has 2 N–H and O–H groups in total. The lowest BCUT2D eigenvalue weighted by Crippen LogP contribution is -2.43. The van der Waals surface area contributed by atoms with Crippen molar-refractivity contribution in [3.63, 3.8) is 0 Å². The van der Waals surface area contributed by atoms with Gasteiger partial charge in [-0.1, -0.05) is 47.6 Å². The zero-order valence-electron chi connectivity index (χ0n) is 22.2. The highest BCUT2D eigenvalue weighted by molar-refractivity contribution is 8.13. The number of amides is 2. The number of nitrogens with zero attached hydrogens (tertiary/aromatic N) is 3. The third-order valence-electron chi connectivity index (χ3n) is 6.73. The lowest BCUT2D eigenvalue weighted by molar-refractivity contribution is -0.384. The van der Waals surface area contributed by atoms with E-state index in [1.54, 1.807) is 43.1 Å². The highest BCUT2D eigenvalue weighted by atomic mass is 35.5. The summed E-state index contributed by atoms with van der Waals surface area (Å²) in [6.45, 7) is 2.54. The summed E-state index contributed by atoms with van der Waals surface area (Å²) in [5.74, 6) is 0.660. The number of rotatable bonds is 7. The molecule has 0 saturated carbocycles. The van der Waals surface area contributed by atoms with E-state index in [1.807, 2.05) is 31.2 Å². The third-order valence-corrected chi connectivity index (χ3v) is 8.12. The standard InChI is InChI=1S/C29H26ClN5O5S/c1-17-25(28(37)33-23-9-3-4-10-24(23)40-2)26(34-13-6-14-41-29(34)31-17)18-7-5-8-19(15-18)32-27(36)21-12-11-20(35(38)39)16-22(21)30/h3-5,7-12,15-16,26H,6,13-14H2,1-2H3,(H,32,36)(H,33,37). The van der Waals surface area contributed by atoms with Crippen LogP contribution in [0.3, 0.4) is 0 Å². The predicted octanol–water partition coefficient (Wildman–Crippen LogP) is 6.27. The van der Waals surface area contributed by atoms with Gasteiger partial charge in [0.2, 0.25) is 0 Å². The molecule has 0 spiro atoms. The summed E-state index contributed by atoms with van der Waals surface area (Å²) in [7, 11) is 1.55. The largest absolute Gasteiger partial charge is 0.495 e. The molecule has 2 aliphatic heterocycles. The summed E-state index contributed by atoms with van der Waals surface area (Å²) >= 11 is 7.82. The second-order valence-electron chi connectivity index (χ2n) is 9.35. The van der Waals surface area contributed by atoms with Crippen molar-refractivity contribution in [1.82, 2.24) is 4.90 Å². The van der Waals surface area contributed by atoms with Gasteiger partial charge in [0.15, 0.2) is 5.17 Å². The number of benzene rings is 3. The zero-order valence-corrected chi connectivity index (χ0v) is 23.8. The van der Waals surface area contributed by atoms with Crippen LogP contribution in [0.1, 0.15) is 35.3 Å². The number of allylic oxidation sites excluding steroid dienone is 1. The first-order valence-corrected chi connectivity index (χ1v) is 14.1. The van der Waals surface area contributed by atoms with Crippen molar-refractivity contribution in [2.75, 3.05) is 30.0 Å². The Morgan fingerprint density at radius 1 is 1.10 bits per heavy atom. The molecule has 0 aromatic heterocycles. The van der Waals surface area contributed by atoms with Gasteiger partial charge < -0.3 is 20.3 Å². The number of carbonyl (C=O) groups excluding carboxylic acids is 2. The molecule has 2 amide bonds. The second kappa shape index (κ2) is 12.0. The molecular weight excluding hydrogens is 566 g/mol. The molecule has 0 radical (unpaired) electrons. The summed E-state index contributed by atoms with van der Waals surface area (Å²) in [5.41, 5.74) is 2.82. The van der Waals surface area contributed by atoms with Gasteiger partial charge in [-0.15, -0.1) is 0 Å². The number of aliphatic imine (C=N–C) groups is 1. The van der Waals surface area contributed by atoms with E-state index in [9.17, 15) is 19.7 Å². The van der Waals surface area contributed by atoms with E-state index in [2.05, 4.69) is 15.5 Å². The smallest absolute Gasteiger partial charge is 0.270 e. The Kier molecular flexibility index (Phi) is 8.27. The molecule has 5 rings (SSSR count). The molecule has 12 heteroatoms. The molecule has 1 saturated heterocycles. The Morgan fingerprint density at radius 3 is 2.66 bits per heavy atom. The van der Waals surface area contributed by atoms with Gasteiger partial charge in [-0.05, 0) is 49.2 Å². The number of hydrogen-bond acceptors (Lipinski definition) is 8. The fraction of sp³-hybridized carbons (Fsp3) is 0.207. The number of nitro benzene ring substituents is 1. The van der Waals surface area contributed by atoms with Crippen molar-refractivity contribution in [3.05, 3.63) is 104 Å². The van der Waals surface area contributed by atoms with Crippen LogP contribution in [0.4, 0.5) is 17.1 Å². The molecule has 3 aromatic rings. The van der Waals surface area contributed by atoms with Gasteiger partial charge in [0, 0.05) is 30.1 Å². The van der Waals surface area contributed by atoms with Crippen molar-refractivity contribution in [3.8, 4) is 5.75 Å². The Labute approximate surface area is 245 Å². The molecule has 1 unspecified atom stereocenters. The molecule has 0 aliphatic carbocycles. The van der Waals surface area contributed by atoms with Gasteiger partial charge in [0.1, 0.15) is 5.75 Å². The molecular formula is C29H26ClN5O5S. The number of methoxy groups -OCH3 is 1. The van der Waals surface area contributed by atoms with Gasteiger partial charge >= 0.3 is 0 Å². The van der Waals surface area contributed by atoms with Crippen LogP contribution in [0.15, 0.2) is 83.0 Å². The maximum Gasteiger partial charge on any atom is 0.270 e. The number of anilines is 2.